The van der Waals surface area contributed by atoms with Crippen molar-refractivity contribution in [2.24, 2.45) is 11.8 Å². The number of benzene rings is 2. The molecule has 1 heterocycles. The molecule has 0 radical (unpaired) electrons. The number of nitrogens with zero attached hydrogens (tertiary/aromatic N) is 1. The minimum Gasteiger partial charge on any atom is -0.435 e. The zero-order valence-corrected chi connectivity index (χ0v) is 15.6. The van der Waals surface area contributed by atoms with Crippen LogP contribution in [0.1, 0.15) is 35.6 Å². The van der Waals surface area contributed by atoms with Crippen molar-refractivity contribution in [2.75, 3.05) is 6.54 Å². The van der Waals surface area contributed by atoms with Crippen molar-refractivity contribution < 1.29 is 13.5 Å². The third-order valence-corrected chi connectivity index (χ3v) is 4.85. The Hall–Kier alpha value is -1.69. The number of rotatable bonds is 5. The van der Waals surface area contributed by atoms with Crippen molar-refractivity contribution in [3.63, 3.8) is 0 Å². The minimum absolute atomic E-state index is 0. The van der Waals surface area contributed by atoms with Gasteiger partial charge in [-0.25, -0.2) is 5.01 Å². The molecular formula is C20H25ClF2N2O. The molecular weight excluding hydrogens is 358 g/mol. The van der Waals surface area contributed by atoms with Crippen LogP contribution in [0.15, 0.2) is 48.5 Å². The Morgan fingerprint density at radius 2 is 1.92 bits per heavy atom. The van der Waals surface area contributed by atoms with Crippen molar-refractivity contribution in [2.45, 2.75) is 38.8 Å². The second kappa shape index (κ2) is 9.31. The lowest BCUT2D eigenvalue weighted by atomic mass is 9.81. The van der Waals surface area contributed by atoms with Crippen LogP contribution in [0.3, 0.4) is 0 Å². The van der Waals surface area contributed by atoms with Crippen LogP contribution in [-0.4, -0.2) is 18.2 Å². The van der Waals surface area contributed by atoms with Gasteiger partial charge in [0.25, 0.3) is 0 Å². The summed E-state index contributed by atoms with van der Waals surface area (Å²) in [5.41, 5.74) is 3.02. The van der Waals surface area contributed by atoms with E-state index in [9.17, 15) is 8.78 Å². The van der Waals surface area contributed by atoms with Gasteiger partial charge in [0.05, 0.1) is 6.04 Å². The normalized spacial score (nSPS) is 20.7. The van der Waals surface area contributed by atoms with Gasteiger partial charge in [-0.05, 0) is 49.3 Å². The number of piperidine rings is 1. The fraction of sp³-hybridized carbons (Fsp3) is 0.400. The third kappa shape index (κ3) is 4.93. The van der Waals surface area contributed by atoms with Gasteiger partial charge in [-0.2, -0.15) is 8.78 Å². The van der Waals surface area contributed by atoms with E-state index in [1.165, 1.54) is 5.56 Å². The maximum Gasteiger partial charge on any atom is 0.387 e. The van der Waals surface area contributed by atoms with Crippen LogP contribution in [0, 0.1) is 12.8 Å². The van der Waals surface area contributed by atoms with Gasteiger partial charge in [0.1, 0.15) is 5.75 Å². The van der Waals surface area contributed by atoms with E-state index in [-0.39, 0.29) is 30.1 Å². The smallest absolute Gasteiger partial charge is 0.387 e. The highest BCUT2D eigenvalue weighted by Crippen LogP contribution is 2.38. The highest BCUT2D eigenvalue weighted by Gasteiger charge is 2.31. The molecule has 0 amide bonds. The Morgan fingerprint density at radius 1 is 1.19 bits per heavy atom. The standard InChI is InChI=1S/C20H24F2N2O.ClH/c1-14-9-10-18(25-20(21)22)17(12-14)13-16-8-5-11-24(23)19(16)15-6-3-2-4-7-15;/h2-4,6-7,9-10,12,16,19-20H,5,8,11,13,23H2,1H3;1H/t16-,19+;/m0./s1. The third-order valence-electron chi connectivity index (χ3n) is 4.85. The number of halogens is 3. The zero-order valence-electron chi connectivity index (χ0n) is 14.8. The van der Waals surface area contributed by atoms with E-state index in [1.807, 2.05) is 36.2 Å². The van der Waals surface area contributed by atoms with Gasteiger partial charge < -0.3 is 4.74 Å². The number of ether oxygens (including phenoxy) is 1. The Kier molecular flexibility index (Phi) is 7.38. The molecule has 1 fully saturated rings. The molecule has 2 N–H and O–H groups in total. The maximum atomic E-state index is 12.7. The van der Waals surface area contributed by atoms with Gasteiger partial charge in [0.2, 0.25) is 0 Å². The van der Waals surface area contributed by atoms with Crippen LogP contribution in [0.25, 0.3) is 0 Å². The van der Waals surface area contributed by atoms with E-state index >= 15 is 0 Å². The number of hydrazine groups is 1. The lowest BCUT2D eigenvalue weighted by Crippen LogP contribution is -2.44. The Morgan fingerprint density at radius 3 is 2.62 bits per heavy atom. The number of hydrogen-bond acceptors (Lipinski definition) is 3. The molecule has 0 aromatic heterocycles. The SMILES string of the molecule is Cc1ccc(OC(F)F)c(C[C@@H]2CCCN(N)[C@@H]2c2ccccc2)c1.Cl. The lowest BCUT2D eigenvalue weighted by molar-refractivity contribution is -0.0507. The first kappa shape index (κ1) is 20.6. The minimum atomic E-state index is -2.82. The van der Waals surface area contributed by atoms with Gasteiger partial charge >= 0.3 is 6.61 Å². The average Bonchev–Trinajstić information content (AvgIpc) is 2.58. The number of nitrogens with two attached hydrogens (primary N) is 1. The molecule has 142 valence electrons. The molecule has 1 aliphatic rings. The van der Waals surface area contributed by atoms with E-state index in [0.29, 0.717) is 6.42 Å². The van der Waals surface area contributed by atoms with Crippen molar-refractivity contribution in [1.82, 2.24) is 5.01 Å². The summed E-state index contributed by atoms with van der Waals surface area (Å²) >= 11 is 0. The first-order valence-corrected chi connectivity index (χ1v) is 8.65. The Bertz CT molecular complexity index is 699. The largest absolute Gasteiger partial charge is 0.435 e. The molecule has 2 aromatic carbocycles. The van der Waals surface area contributed by atoms with E-state index in [4.69, 9.17) is 10.6 Å². The van der Waals surface area contributed by atoms with Gasteiger partial charge in [-0.1, -0.05) is 48.0 Å². The summed E-state index contributed by atoms with van der Waals surface area (Å²) in [6, 6.07) is 15.6. The lowest BCUT2D eigenvalue weighted by Gasteiger charge is -2.39. The molecule has 0 unspecified atom stereocenters. The summed E-state index contributed by atoms with van der Waals surface area (Å²) in [6.45, 7) is -0.0196. The molecule has 3 nitrogen and oxygen atoms in total. The van der Waals surface area contributed by atoms with Crippen LogP contribution >= 0.6 is 12.4 Å². The molecule has 0 spiro atoms. The molecule has 26 heavy (non-hydrogen) atoms. The Labute approximate surface area is 159 Å². The molecule has 1 aliphatic heterocycles. The van der Waals surface area contributed by atoms with Crippen LogP contribution in [-0.2, 0) is 6.42 Å². The van der Waals surface area contributed by atoms with Crippen molar-refractivity contribution in [3.05, 3.63) is 65.2 Å². The summed E-state index contributed by atoms with van der Waals surface area (Å²) in [6.07, 6.45) is 2.67. The number of alkyl halides is 2. The number of hydrogen-bond donors (Lipinski definition) is 1. The van der Waals surface area contributed by atoms with E-state index < -0.39 is 6.61 Å². The monoisotopic (exact) mass is 382 g/mol. The highest BCUT2D eigenvalue weighted by molar-refractivity contribution is 5.85. The van der Waals surface area contributed by atoms with Crippen LogP contribution in [0.2, 0.25) is 0 Å². The van der Waals surface area contributed by atoms with Crippen molar-refractivity contribution in [1.29, 1.82) is 0 Å². The molecule has 0 aliphatic carbocycles. The molecule has 0 saturated carbocycles. The van der Waals surface area contributed by atoms with Gasteiger partial charge in [0, 0.05) is 6.54 Å². The second-order valence-electron chi connectivity index (χ2n) is 6.69. The topological polar surface area (TPSA) is 38.5 Å². The summed E-state index contributed by atoms with van der Waals surface area (Å²) in [5, 5.41) is 1.88. The summed E-state index contributed by atoms with van der Waals surface area (Å²) in [5.74, 6) is 6.80. The fourth-order valence-corrected chi connectivity index (χ4v) is 3.79. The van der Waals surface area contributed by atoms with Gasteiger partial charge in [-0.3, -0.25) is 5.84 Å². The van der Waals surface area contributed by atoms with Crippen LogP contribution < -0.4 is 10.6 Å². The van der Waals surface area contributed by atoms with Crippen molar-refractivity contribution in [3.8, 4) is 5.75 Å². The molecule has 3 rings (SSSR count). The second-order valence-corrected chi connectivity index (χ2v) is 6.69. The molecule has 2 aromatic rings. The van der Waals surface area contributed by atoms with Crippen LogP contribution in [0.4, 0.5) is 8.78 Å². The van der Waals surface area contributed by atoms with Crippen LogP contribution in [0.5, 0.6) is 5.75 Å². The summed E-state index contributed by atoms with van der Waals surface area (Å²) < 4.78 is 30.2. The molecule has 6 heteroatoms. The van der Waals surface area contributed by atoms with E-state index in [1.54, 1.807) is 12.1 Å². The van der Waals surface area contributed by atoms with Crippen molar-refractivity contribution >= 4 is 12.4 Å². The quantitative estimate of drug-likeness (QED) is 0.748. The first-order valence-electron chi connectivity index (χ1n) is 8.65. The van der Waals surface area contributed by atoms with Gasteiger partial charge in [0.15, 0.2) is 0 Å². The Balaban J connectivity index is 0.00000243. The predicted octanol–water partition coefficient (Wildman–Crippen LogP) is 4.89. The number of aryl methyl sites for hydroxylation is 1. The first-order chi connectivity index (χ1) is 12.0. The maximum absolute atomic E-state index is 12.7. The molecule has 0 bridgehead atoms. The zero-order chi connectivity index (χ0) is 17.8. The highest BCUT2D eigenvalue weighted by atomic mass is 35.5. The fourth-order valence-electron chi connectivity index (χ4n) is 3.79. The van der Waals surface area contributed by atoms with Gasteiger partial charge in [-0.15, -0.1) is 12.4 Å². The summed E-state index contributed by atoms with van der Waals surface area (Å²) in [7, 11) is 0. The average molecular weight is 383 g/mol. The molecule has 2 atom stereocenters. The molecule has 1 saturated heterocycles. The predicted molar refractivity (Wildman–Crippen MR) is 102 cm³/mol. The summed E-state index contributed by atoms with van der Waals surface area (Å²) in [4.78, 5) is 0. The van der Waals surface area contributed by atoms with E-state index in [0.717, 1.165) is 30.5 Å². The van der Waals surface area contributed by atoms with E-state index in [2.05, 4.69) is 12.1 Å².